The fourth-order valence-electron chi connectivity index (χ4n) is 4.03. The minimum absolute atomic E-state index is 0.0320. The molecule has 2 heterocycles. The SMILES string of the molecule is Cc1ccc(C(=O)c2ccccc2C(=O)N2CCC3CCC(C2)N3)cc1. The second-order valence-corrected chi connectivity index (χ2v) is 7.42. The summed E-state index contributed by atoms with van der Waals surface area (Å²) in [5.74, 6) is -0.126. The molecule has 4 rings (SSSR count). The number of amides is 1. The summed E-state index contributed by atoms with van der Waals surface area (Å²) >= 11 is 0. The average Bonchev–Trinajstić information content (AvgIpc) is 3.00. The maximum absolute atomic E-state index is 13.2. The summed E-state index contributed by atoms with van der Waals surface area (Å²) in [4.78, 5) is 28.1. The number of likely N-dealkylation sites (tertiary alicyclic amines) is 1. The van der Waals surface area contributed by atoms with Gasteiger partial charge in [0.1, 0.15) is 0 Å². The van der Waals surface area contributed by atoms with Crippen molar-refractivity contribution < 1.29 is 9.59 Å². The van der Waals surface area contributed by atoms with Crippen LogP contribution in [0.4, 0.5) is 0 Å². The molecule has 2 aromatic rings. The predicted molar refractivity (Wildman–Crippen MR) is 102 cm³/mol. The standard InChI is InChI=1S/C22H24N2O2/c1-15-6-8-16(9-7-15)21(25)19-4-2-3-5-20(19)22(26)24-13-12-17-10-11-18(14-24)23-17/h2-9,17-18,23H,10-14H2,1H3. The van der Waals surface area contributed by atoms with Crippen molar-refractivity contribution in [3.63, 3.8) is 0 Å². The molecule has 2 aliphatic rings. The third-order valence-corrected chi connectivity index (χ3v) is 5.53. The molecular formula is C22H24N2O2. The Hall–Kier alpha value is -2.46. The Bertz CT molecular complexity index is 828. The van der Waals surface area contributed by atoms with E-state index < -0.39 is 0 Å². The highest BCUT2D eigenvalue weighted by atomic mass is 16.2. The third kappa shape index (κ3) is 3.29. The molecule has 2 unspecified atom stereocenters. The summed E-state index contributed by atoms with van der Waals surface area (Å²) in [6, 6.07) is 15.6. The van der Waals surface area contributed by atoms with Crippen molar-refractivity contribution in [2.75, 3.05) is 13.1 Å². The summed E-state index contributed by atoms with van der Waals surface area (Å²) in [6.07, 6.45) is 3.31. The first-order chi connectivity index (χ1) is 12.6. The lowest BCUT2D eigenvalue weighted by Crippen LogP contribution is -2.39. The highest BCUT2D eigenvalue weighted by Gasteiger charge is 2.32. The van der Waals surface area contributed by atoms with Crippen LogP contribution in [0, 0.1) is 6.92 Å². The van der Waals surface area contributed by atoms with E-state index in [9.17, 15) is 9.59 Å². The van der Waals surface area contributed by atoms with Gasteiger partial charge in [0.15, 0.2) is 5.78 Å². The van der Waals surface area contributed by atoms with Crippen LogP contribution in [0.25, 0.3) is 0 Å². The summed E-state index contributed by atoms with van der Waals surface area (Å²) in [5, 5.41) is 3.60. The molecule has 4 nitrogen and oxygen atoms in total. The van der Waals surface area contributed by atoms with Crippen LogP contribution in [0.2, 0.25) is 0 Å². The van der Waals surface area contributed by atoms with Gasteiger partial charge >= 0.3 is 0 Å². The van der Waals surface area contributed by atoms with Gasteiger partial charge < -0.3 is 10.2 Å². The van der Waals surface area contributed by atoms with Crippen molar-refractivity contribution in [2.24, 2.45) is 0 Å². The van der Waals surface area contributed by atoms with Crippen LogP contribution >= 0.6 is 0 Å². The van der Waals surface area contributed by atoms with Crippen molar-refractivity contribution in [2.45, 2.75) is 38.3 Å². The van der Waals surface area contributed by atoms with Crippen molar-refractivity contribution in [3.05, 3.63) is 70.8 Å². The number of fused-ring (bicyclic) bond motifs is 2. The molecule has 2 bridgehead atoms. The molecule has 0 radical (unpaired) electrons. The van der Waals surface area contributed by atoms with Crippen LogP contribution in [0.5, 0.6) is 0 Å². The Labute approximate surface area is 154 Å². The zero-order valence-corrected chi connectivity index (χ0v) is 15.1. The van der Waals surface area contributed by atoms with Gasteiger partial charge in [0.25, 0.3) is 5.91 Å². The number of carbonyl (C=O) groups is 2. The van der Waals surface area contributed by atoms with E-state index in [1.165, 1.54) is 6.42 Å². The fraction of sp³-hybridized carbons (Fsp3) is 0.364. The number of carbonyl (C=O) groups excluding carboxylic acids is 2. The first-order valence-corrected chi connectivity index (χ1v) is 9.37. The van der Waals surface area contributed by atoms with Gasteiger partial charge in [-0.15, -0.1) is 0 Å². The smallest absolute Gasteiger partial charge is 0.254 e. The molecule has 2 fully saturated rings. The average molecular weight is 348 g/mol. The summed E-state index contributed by atoms with van der Waals surface area (Å²) in [6.45, 7) is 3.47. The Kier molecular flexibility index (Phi) is 4.60. The second-order valence-electron chi connectivity index (χ2n) is 7.42. The lowest BCUT2D eigenvalue weighted by Gasteiger charge is -2.25. The fourth-order valence-corrected chi connectivity index (χ4v) is 4.03. The van der Waals surface area contributed by atoms with Gasteiger partial charge in [-0.05, 0) is 32.3 Å². The summed E-state index contributed by atoms with van der Waals surface area (Å²) in [5.41, 5.74) is 2.73. The Morgan fingerprint density at radius 3 is 2.38 bits per heavy atom. The molecule has 2 aromatic carbocycles. The largest absolute Gasteiger partial charge is 0.337 e. The molecule has 4 heteroatoms. The van der Waals surface area contributed by atoms with E-state index in [2.05, 4.69) is 5.32 Å². The van der Waals surface area contributed by atoms with Crippen LogP contribution in [-0.2, 0) is 0 Å². The van der Waals surface area contributed by atoms with Gasteiger partial charge in [0.2, 0.25) is 0 Å². The van der Waals surface area contributed by atoms with Gasteiger partial charge in [0.05, 0.1) is 5.56 Å². The highest BCUT2D eigenvalue weighted by molar-refractivity contribution is 6.15. The topological polar surface area (TPSA) is 49.4 Å². The molecule has 26 heavy (non-hydrogen) atoms. The summed E-state index contributed by atoms with van der Waals surface area (Å²) < 4.78 is 0. The first-order valence-electron chi connectivity index (χ1n) is 9.37. The zero-order chi connectivity index (χ0) is 18.1. The normalized spacial score (nSPS) is 22.1. The van der Waals surface area contributed by atoms with Crippen LogP contribution in [0.1, 0.15) is 51.1 Å². The van der Waals surface area contributed by atoms with Crippen LogP contribution in [0.15, 0.2) is 48.5 Å². The molecule has 0 spiro atoms. The number of hydrogen-bond donors (Lipinski definition) is 1. The minimum atomic E-state index is -0.0941. The van der Waals surface area contributed by atoms with Crippen molar-refractivity contribution in [1.29, 1.82) is 0 Å². The van der Waals surface area contributed by atoms with Gasteiger partial charge in [-0.2, -0.15) is 0 Å². The molecule has 0 aliphatic carbocycles. The molecule has 2 aliphatic heterocycles. The molecule has 2 saturated heterocycles. The number of benzene rings is 2. The Balaban J connectivity index is 1.61. The van der Waals surface area contributed by atoms with Gasteiger partial charge in [-0.1, -0.05) is 48.0 Å². The van der Waals surface area contributed by atoms with E-state index in [0.717, 1.165) is 31.5 Å². The predicted octanol–water partition coefficient (Wildman–Crippen LogP) is 3.19. The van der Waals surface area contributed by atoms with Gasteiger partial charge in [0, 0.05) is 36.3 Å². The van der Waals surface area contributed by atoms with Crippen LogP contribution in [0.3, 0.4) is 0 Å². The molecule has 1 N–H and O–H groups in total. The highest BCUT2D eigenvalue weighted by Crippen LogP contribution is 2.23. The molecule has 0 saturated carbocycles. The quantitative estimate of drug-likeness (QED) is 0.867. The van der Waals surface area contributed by atoms with Crippen LogP contribution < -0.4 is 5.32 Å². The monoisotopic (exact) mass is 348 g/mol. The molecule has 2 atom stereocenters. The van der Waals surface area contributed by atoms with Gasteiger partial charge in [-0.25, -0.2) is 0 Å². The van der Waals surface area contributed by atoms with E-state index in [1.807, 2.05) is 48.2 Å². The third-order valence-electron chi connectivity index (χ3n) is 5.53. The molecule has 0 aromatic heterocycles. The molecule has 1 amide bonds. The van der Waals surface area contributed by atoms with E-state index in [-0.39, 0.29) is 11.7 Å². The van der Waals surface area contributed by atoms with Crippen LogP contribution in [-0.4, -0.2) is 41.8 Å². The maximum atomic E-state index is 13.2. The number of hydrogen-bond acceptors (Lipinski definition) is 3. The minimum Gasteiger partial charge on any atom is -0.337 e. The van der Waals surface area contributed by atoms with E-state index >= 15 is 0 Å². The maximum Gasteiger partial charge on any atom is 0.254 e. The van der Waals surface area contributed by atoms with Crippen molar-refractivity contribution in [3.8, 4) is 0 Å². The Morgan fingerprint density at radius 1 is 0.923 bits per heavy atom. The summed E-state index contributed by atoms with van der Waals surface area (Å²) in [7, 11) is 0. The van der Waals surface area contributed by atoms with Gasteiger partial charge in [-0.3, -0.25) is 9.59 Å². The van der Waals surface area contributed by atoms with E-state index in [0.29, 0.717) is 28.8 Å². The number of aryl methyl sites for hydroxylation is 1. The van der Waals surface area contributed by atoms with E-state index in [1.54, 1.807) is 12.1 Å². The molecule has 134 valence electrons. The lowest BCUT2D eigenvalue weighted by atomic mass is 9.96. The number of rotatable bonds is 3. The van der Waals surface area contributed by atoms with E-state index in [4.69, 9.17) is 0 Å². The van der Waals surface area contributed by atoms with Crippen molar-refractivity contribution >= 4 is 11.7 Å². The lowest BCUT2D eigenvalue weighted by molar-refractivity contribution is 0.0744. The number of nitrogens with zero attached hydrogens (tertiary/aromatic N) is 1. The van der Waals surface area contributed by atoms with Crippen molar-refractivity contribution in [1.82, 2.24) is 10.2 Å². The zero-order valence-electron chi connectivity index (χ0n) is 15.1. The molecular weight excluding hydrogens is 324 g/mol. The first kappa shape index (κ1) is 17.0. The second kappa shape index (κ2) is 7.04. The Morgan fingerprint density at radius 2 is 1.62 bits per heavy atom. The number of ketones is 1. The number of nitrogens with one attached hydrogen (secondary N) is 1.